The van der Waals surface area contributed by atoms with Gasteiger partial charge in [0, 0.05) is 54.6 Å². The monoisotopic (exact) mass is 395 g/mol. The fraction of sp³-hybridized carbons (Fsp3) is 0.120. The smallest absolute Gasteiger partial charge is 0.256 e. The molecule has 0 saturated heterocycles. The van der Waals surface area contributed by atoms with E-state index in [9.17, 15) is 4.79 Å². The number of hydrogen-bond donors (Lipinski definition) is 1. The van der Waals surface area contributed by atoms with Crippen molar-refractivity contribution in [1.29, 1.82) is 0 Å². The molecule has 5 rings (SSSR count). The molecule has 148 valence electrons. The van der Waals surface area contributed by atoms with E-state index in [1.165, 1.54) is 5.70 Å². The Morgan fingerprint density at radius 2 is 1.97 bits per heavy atom. The van der Waals surface area contributed by atoms with Crippen molar-refractivity contribution < 1.29 is 9.21 Å². The highest BCUT2D eigenvalue weighted by Crippen LogP contribution is 2.19. The lowest BCUT2D eigenvalue weighted by atomic mass is 10.0. The molecule has 2 heterocycles. The number of furan rings is 1. The first-order chi connectivity index (χ1) is 14.6. The van der Waals surface area contributed by atoms with Crippen LogP contribution in [0.1, 0.15) is 21.5 Å². The molecule has 1 amide bonds. The third kappa shape index (κ3) is 3.14. The Morgan fingerprint density at radius 1 is 1.10 bits per heavy atom. The predicted octanol–water partition coefficient (Wildman–Crippen LogP) is 2.73. The molecule has 0 bridgehead atoms. The number of hydrogen-bond acceptors (Lipinski definition) is 4. The quantitative estimate of drug-likeness (QED) is 0.741. The summed E-state index contributed by atoms with van der Waals surface area (Å²) >= 11 is 0. The number of fused-ring (bicyclic) bond motifs is 4. The van der Waals surface area contributed by atoms with Crippen molar-refractivity contribution in [2.45, 2.75) is 6.42 Å². The van der Waals surface area contributed by atoms with Crippen LogP contribution in [0.2, 0.25) is 0 Å². The van der Waals surface area contributed by atoms with Gasteiger partial charge in [-0.3, -0.25) is 9.78 Å². The molecular formula is C25H21N3O2. The van der Waals surface area contributed by atoms with Gasteiger partial charge in [0.05, 0.1) is 11.1 Å². The van der Waals surface area contributed by atoms with E-state index in [0.29, 0.717) is 5.56 Å². The topological polar surface area (TPSA) is 58.4 Å². The molecule has 1 N–H and O–H groups in total. The normalized spacial score (nSPS) is 14.5. The molecule has 5 heteroatoms. The number of rotatable bonds is 3. The molecular weight excluding hydrogens is 374 g/mol. The number of allylic oxidation sites excluding steroid dienone is 4. The molecule has 0 saturated carbocycles. The molecule has 0 aliphatic heterocycles. The number of pyridine rings is 1. The van der Waals surface area contributed by atoms with Gasteiger partial charge in [-0.05, 0) is 42.5 Å². The van der Waals surface area contributed by atoms with Crippen molar-refractivity contribution in [2.75, 3.05) is 14.1 Å². The molecule has 1 aromatic carbocycles. The maximum Gasteiger partial charge on any atom is 0.256 e. The number of likely N-dealkylation sites (N-methyl/N-ethyl adjacent to an activating group) is 1. The molecule has 2 aliphatic rings. The van der Waals surface area contributed by atoms with Crippen LogP contribution in [0, 0.1) is 0 Å². The lowest BCUT2D eigenvalue weighted by molar-refractivity contribution is 0.0969. The molecule has 0 unspecified atom stereocenters. The fourth-order valence-corrected chi connectivity index (χ4v) is 3.85. The predicted molar refractivity (Wildman–Crippen MR) is 119 cm³/mol. The maximum absolute atomic E-state index is 13.1. The van der Waals surface area contributed by atoms with Gasteiger partial charge < -0.3 is 14.6 Å². The van der Waals surface area contributed by atoms with E-state index in [1.54, 1.807) is 12.3 Å². The second-order valence-electron chi connectivity index (χ2n) is 7.57. The second kappa shape index (κ2) is 7.19. The molecule has 0 radical (unpaired) electrons. The minimum absolute atomic E-state index is 0.161. The van der Waals surface area contributed by atoms with Gasteiger partial charge in [0.1, 0.15) is 10.8 Å². The van der Waals surface area contributed by atoms with Gasteiger partial charge in [-0.2, -0.15) is 0 Å². The summed E-state index contributed by atoms with van der Waals surface area (Å²) < 4.78 is 6.04. The van der Waals surface area contributed by atoms with Gasteiger partial charge in [0.15, 0.2) is 0 Å². The summed E-state index contributed by atoms with van der Waals surface area (Å²) in [6, 6.07) is 9.40. The zero-order chi connectivity index (χ0) is 20.7. The lowest BCUT2D eigenvalue weighted by Crippen LogP contribution is -2.22. The van der Waals surface area contributed by atoms with E-state index in [2.05, 4.69) is 21.3 Å². The molecule has 5 nitrogen and oxygen atoms in total. The van der Waals surface area contributed by atoms with Crippen LogP contribution in [-0.4, -0.2) is 29.9 Å². The molecule has 0 atom stereocenters. The Labute approximate surface area is 174 Å². The first-order valence-electron chi connectivity index (χ1n) is 9.85. The largest absolute Gasteiger partial charge is 0.456 e. The van der Waals surface area contributed by atoms with Crippen LogP contribution in [0.25, 0.3) is 29.1 Å². The summed E-state index contributed by atoms with van der Waals surface area (Å²) in [6.45, 7) is 0. The number of carbonyl (C=O) groups excluding carboxylic acids is 1. The van der Waals surface area contributed by atoms with Crippen molar-refractivity contribution in [3.63, 3.8) is 0 Å². The molecule has 2 aromatic heterocycles. The standard InChI is InChI=1S/C25H21N3O2/c1-28(2)17-10-11-24-21(15-17)20-14-16(6-5-9-23(20)30-24)27-25(29)19-12-13-26-22-8-4-3-7-18(19)22/h3-14H,15H2,1-2H3,(H,27,29). The number of benzene rings is 1. The number of para-hydroxylation sites is 1. The van der Waals surface area contributed by atoms with Gasteiger partial charge >= 0.3 is 0 Å². The molecule has 30 heavy (non-hydrogen) atoms. The Hall–Kier alpha value is -3.86. The Kier molecular flexibility index (Phi) is 4.36. The van der Waals surface area contributed by atoms with Crippen LogP contribution >= 0.6 is 0 Å². The van der Waals surface area contributed by atoms with Crippen molar-refractivity contribution in [1.82, 2.24) is 15.2 Å². The van der Waals surface area contributed by atoms with Gasteiger partial charge in [-0.1, -0.05) is 24.3 Å². The number of nitrogens with one attached hydrogen (secondary N) is 1. The summed E-state index contributed by atoms with van der Waals surface area (Å²) in [5.74, 6) is -0.161. The van der Waals surface area contributed by atoms with Crippen LogP contribution in [0.5, 0.6) is 0 Å². The molecule has 3 aromatic rings. The third-order valence-corrected chi connectivity index (χ3v) is 5.44. The Morgan fingerprint density at radius 3 is 2.83 bits per heavy atom. The van der Waals surface area contributed by atoms with Gasteiger partial charge in [0.2, 0.25) is 0 Å². The van der Waals surface area contributed by atoms with Crippen LogP contribution in [0.4, 0.5) is 0 Å². The Bertz CT molecular complexity index is 1380. The number of amides is 1. The molecule has 2 aliphatic carbocycles. The van der Waals surface area contributed by atoms with Crippen LogP contribution < -0.4 is 16.1 Å². The first kappa shape index (κ1) is 18.2. The zero-order valence-corrected chi connectivity index (χ0v) is 16.8. The number of carbonyl (C=O) groups is 1. The van der Waals surface area contributed by atoms with Gasteiger partial charge in [0.25, 0.3) is 5.91 Å². The SMILES string of the molecule is CN(C)C1=CC=c2oc3c(c2C1)C=C(NC(=O)c1ccnc2ccccc12)C=CC=3. The highest BCUT2D eigenvalue weighted by atomic mass is 16.3. The van der Waals surface area contributed by atoms with E-state index in [-0.39, 0.29) is 5.91 Å². The first-order valence-corrected chi connectivity index (χ1v) is 9.85. The van der Waals surface area contributed by atoms with Crippen LogP contribution in [-0.2, 0) is 6.42 Å². The minimum Gasteiger partial charge on any atom is -0.456 e. The highest BCUT2D eigenvalue weighted by molar-refractivity contribution is 6.07. The third-order valence-electron chi connectivity index (χ3n) is 5.44. The van der Waals surface area contributed by atoms with E-state index in [0.717, 1.165) is 45.0 Å². The van der Waals surface area contributed by atoms with Crippen molar-refractivity contribution in [3.8, 4) is 0 Å². The maximum atomic E-state index is 13.1. The number of nitrogens with zero attached hydrogens (tertiary/aromatic N) is 2. The van der Waals surface area contributed by atoms with E-state index in [1.807, 2.05) is 68.7 Å². The minimum atomic E-state index is -0.161. The van der Waals surface area contributed by atoms with Gasteiger partial charge in [-0.25, -0.2) is 0 Å². The highest BCUT2D eigenvalue weighted by Gasteiger charge is 2.18. The summed E-state index contributed by atoms with van der Waals surface area (Å²) in [4.78, 5) is 19.5. The summed E-state index contributed by atoms with van der Waals surface area (Å²) in [6.07, 6.45) is 14.3. The average molecular weight is 395 g/mol. The van der Waals surface area contributed by atoms with Gasteiger partial charge in [-0.15, -0.1) is 0 Å². The Balaban J connectivity index is 1.50. The number of aromatic nitrogens is 1. The second-order valence-corrected chi connectivity index (χ2v) is 7.57. The fourth-order valence-electron chi connectivity index (χ4n) is 3.85. The molecule has 0 fully saturated rings. The summed E-state index contributed by atoms with van der Waals surface area (Å²) in [5, 5.41) is 3.88. The van der Waals surface area contributed by atoms with E-state index < -0.39 is 0 Å². The lowest BCUT2D eigenvalue weighted by Gasteiger charge is -2.18. The van der Waals surface area contributed by atoms with Crippen molar-refractivity contribution in [3.05, 3.63) is 93.7 Å². The zero-order valence-electron chi connectivity index (χ0n) is 16.8. The van der Waals surface area contributed by atoms with E-state index >= 15 is 0 Å². The average Bonchev–Trinajstić information content (AvgIpc) is 2.97. The van der Waals surface area contributed by atoms with Crippen molar-refractivity contribution in [2.24, 2.45) is 0 Å². The van der Waals surface area contributed by atoms with E-state index in [4.69, 9.17) is 4.42 Å². The van der Waals surface area contributed by atoms with Crippen LogP contribution in [0.15, 0.2) is 70.6 Å². The summed E-state index contributed by atoms with van der Waals surface area (Å²) in [5.41, 5.74) is 7.16. The molecule has 0 spiro atoms. The summed E-state index contributed by atoms with van der Waals surface area (Å²) in [7, 11) is 4.08. The van der Waals surface area contributed by atoms with Crippen LogP contribution in [0.3, 0.4) is 0 Å². The van der Waals surface area contributed by atoms with Crippen molar-refractivity contribution >= 4 is 35.0 Å².